The van der Waals surface area contributed by atoms with Crippen molar-refractivity contribution in [2.24, 2.45) is 0 Å². The van der Waals surface area contributed by atoms with Gasteiger partial charge in [0.1, 0.15) is 6.04 Å². The summed E-state index contributed by atoms with van der Waals surface area (Å²) < 4.78 is 0. The summed E-state index contributed by atoms with van der Waals surface area (Å²) in [5, 5.41) is 14.5. The molecule has 0 saturated carbocycles. The number of benzene rings is 1. The van der Waals surface area contributed by atoms with Crippen molar-refractivity contribution in [1.82, 2.24) is 0 Å². The first kappa shape index (κ1) is 10.5. The molecule has 0 bridgehead atoms. The fraction of sp³-hybridized carbons (Fsp3) is 0.273. The Morgan fingerprint density at radius 3 is 2.88 bits per heavy atom. The molecule has 0 saturated heterocycles. The van der Waals surface area contributed by atoms with E-state index in [1.165, 1.54) is 6.92 Å². The van der Waals surface area contributed by atoms with Crippen LogP contribution in [0.4, 0.5) is 11.4 Å². The third-order valence-corrected chi connectivity index (χ3v) is 2.50. The van der Waals surface area contributed by atoms with Crippen LogP contribution in [0.3, 0.4) is 0 Å². The number of carboxylic acids is 1. The maximum atomic E-state index is 11.0. The minimum atomic E-state index is -0.884. The first-order valence-electron chi connectivity index (χ1n) is 4.97. The Kier molecular flexibility index (Phi) is 2.52. The zero-order valence-corrected chi connectivity index (χ0v) is 8.78. The van der Waals surface area contributed by atoms with Crippen molar-refractivity contribution < 1.29 is 14.7 Å². The summed E-state index contributed by atoms with van der Waals surface area (Å²) in [6.45, 7) is 1.42. The van der Waals surface area contributed by atoms with E-state index < -0.39 is 12.0 Å². The lowest BCUT2D eigenvalue weighted by Crippen LogP contribution is -2.26. The molecular formula is C11H12N2O3. The highest BCUT2D eigenvalue weighted by Gasteiger charge is 2.27. The Balaban J connectivity index is 2.30. The third kappa shape index (κ3) is 1.84. The number of amides is 1. The number of carbonyl (C=O) groups is 2. The van der Waals surface area contributed by atoms with Gasteiger partial charge in [-0.3, -0.25) is 4.79 Å². The summed E-state index contributed by atoms with van der Waals surface area (Å²) in [5.74, 6) is -1.06. The molecule has 84 valence electrons. The Morgan fingerprint density at radius 1 is 1.50 bits per heavy atom. The molecule has 0 radical (unpaired) electrons. The van der Waals surface area contributed by atoms with Crippen LogP contribution in [-0.4, -0.2) is 23.0 Å². The average Bonchev–Trinajstić information content (AvgIpc) is 2.61. The van der Waals surface area contributed by atoms with Crippen molar-refractivity contribution in [2.45, 2.75) is 19.4 Å². The zero-order chi connectivity index (χ0) is 11.7. The van der Waals surface area contributed by atoms with Gasteiger partial charge >= 0.3 is 5.97 Å². The molecule has 16 heavy (non-hydrogen) atoms. The predicted molar refractivity (Wildman–Crippen MR) is 59.5 cm³/mol. The fourth-order valence-corrected chi connectivity index (χ4v) is 1.83. The van der Waals surface area contributed by atoms with Crippen molar-refractivity contribution >= 4 is 23.3 Å². The van der Waals surface area contributed by atoms with Gasteiger partial charge in [-0.1, -0.05) is 12.1 Å². The van der Waals surface area contributed by atoms with Gasteiger partial charge in [-0.2, -0.15) is 0 Å². The predicted octanol–water partition coefficient (Wildman–Crippen LogP) is 1.07. The van der Waals surface area contributed by atoms with Crippen molar-refractivity contribution in [3.05, 3.63) is 23.8 Å². The molecule has 5 heteroatoms. The molecule has 5 nitrogen and oxygen atoms in total. The van der Waals surface area contributed by atoms with Crippen LogP contribution >= 0.6 is 0 Å². The SMILES string of the molecule is CC(=O)Nc1cccc2c1NC(C(=O)O)C2. The Hall–Kier alpha value is -2.04. The summed E-state index contributed by atoms with van der Waals surface area (Å²) in [6, 6.07) is 4.80. The first-order chi connectivity index (χ1) is 7.58. The van der Waals surface area contributed by atoms with Crippen LogP contribution in [0.25, 0.3) is 0 Å². The number of hydrogen-bond donors (Lipinski definition) is 3. The number of para-hydroxylation sites is 1. The van der Waals surface area contributed by atoms with Gasteiger partial charge < -0.3 is 15.7 Å². The van der Waals surface area contributed by atoms with Crippen LogP contribution in [0.5, 0.6) is 0 Å². The normalized spacial score (nSPS) is 17.4. The summed E-state index contributed by atoms with van der Waals surface area (Å²) in [5.41, 5.74) is 2.26. The lowest BCUT2D eigenvalue weighted by atomic mass is 10.1. The van der Waals surface area contributed by atoms with Gasteiger partial charge in [0.15, 0.2) is 0 Å². The fourth-order valence-electron chi connectivity index (χ4n) is 1.83. The minimum absolute atomic E-state index is 0.172. The molecule has 1 amide bonds. The van der Waals surface area contributed by atoms with Crippen molar-refractivity contribution in [3.8, 4) is 0 Å². The van der Waals surface area contributed by atoms with Crippen LogP contribution in [0.1, 0.15) is 12.5 Å². The topological polar surface area (TPSA) is 78.4 Å². The van der Waals surface area contributed by atoms with Crippen LogP contribution in [-0.2, 0) is 16.0 Å². The maximum absolute atomic E-state index is 11.0. The highest BCUT2D eigenvalue weighted by molar-refractivity contribution is 5.95. The van der Waals surface area contributed by atoms with Crippen LogP contribution in [0.15, 0.2) is 18.2 Å². The highest BCUT2D eigenvalue weighted by atomic mass is 16.4. The monoisotopic (exact) mass is 220 g/mol. The molecule has 0 spiro atoms. The number of anilines is 2. The molecule has 1 aliphatic heterocycles. The smallest absolute Gasteiger partial charge is 0.326 e. The maximum Gasteiger partial charge on any atom is 0.326 e. The number of rotatable bonds is 2. The molecule has 1 aliphatic rings. The standard InChI is InChI=1S/C11H12N2O3/c1-6(14)12-8-4-2-3-7-5-9(11(15)16)13-10(7)8/h2-4,9,13H,5H2,1H3,(H,12,14)(H,15,16). The lowest BCUT2D eigenvalue weighted by molar-refractivity contribution is -0.137. The van der Waals surface area contributed by atoms with Gasteiger partial charge in [0.05, 0.1) is 11.4 Å². The van der Waals surface area contributed by atoms with Crippen LogP contribution in [0.2, 0.25) is 0 Å². The number of carbonyl (C=O) groups excluding carboxylic acids is 1. The molecular weight excluding hydrogens is 208 g/mol. The molecule has 0 aliphatic carbocycles. The van der Waals surface area contributed by atoms with E-state index in [2.05, 4.69) is 10.6 Å². The van der Waals surface area contributed by atoms with E-state index in [0.29, 0.717) is 17.8 Å². The molecule has 0 aromatic heterocycles. The second kappa shape index (κ2) is 3.84. The summed E-state index contributed by atoms with van der Waals surface area (Å²) in [6.07, 6.45) is 0.443. The van der Waals surface area contributed by atoms with Gasteiger partial charge in [0.2, 0.25) is 5.91 Å². The van der Waals surface area contributed by atoms with E-state index in [1.54, 1.807) is 12.1 Å². The largest absolute Gasteiger partial charge is 0.480 e. The molecule has 1 atom stereocenters. The molecule has 1 aromatic rings. The second-order valence-corrected chi connectivity index (χ2v) is 3.76. The summed E-state index contributed by atoms with van der Waals surface area (Å²) in [4.78, 5) is 21.8. The Labute approximate surface area is 92.5 Å². The van der Waals surface area contributed by atoms with E-state index in [1.807, 2.05) is 6.07 Å². The van der Waals surface area contributed by atoms with Crippen molar-refractivity contribution in [2.75, 3.05) is 10.6 Å². The van der Waals surface area contributed by atoms with Crippen molar-refractivity contribution in [3.63, 3.8) is 0 Å². The summed E-state index contributed by atoms with van der Waals surface area (Å²) in [7, 11) is 0. The van der Waals surface area contributed by atoms with E-state index in [0.717, 1.165) is 5.56 Å². The number of nitrogens with one attached hydrogen (secondary N) is 2. The Bertz CT molecular complexity index is 457. The zero-order valence-electron chi connectivity index (χ0n) is 8.78. The molecule has 1 aromatic carbocycles. The number of fused-ring (bicyclic) bond motifs is 1. The average molecular weight is 220 g/mol. The van der Waals surface area contributed by atoms with Gasteiger partial charge in [0.25, 0.3) is 0 Å². The quantitative estimate of drug-likeness (QED) is 0.696. The molecule has 2 rings (SSSR count). The van der Waals surface area contributed by atoms with Crippen molar-refractivity contribution in [1.29, 1.82) is 0 Å². The van der Waals surface area contributed by atoms with Gasteiger partial charge in [-0.15, -0.1) is 0 Å². The van der Waals surface area contributed by atoms with Gasteiger partial charge in [0, 0.05) is 13.3 Å². The van der Waals surface area contributed by atoms with E-state index in [-0.39, 0.29) is 5.91 Å². The van der Waals surface area contributed by atoms with Crippen LogP contribution in [0, 0.1) is 0 Å². The first-order valence-corrected chi connectivity index (χ1v) is 4.97. The van der Waals surface area contributed by atoms with E-state index >= 15 is 0 Å². The minimum Gasteiger partial charge on any atom is -0.480 e. The van der Waals surface area contributed by atoms with E-state index in [4.69, 9.17) is 5.11 Å². The lowest BCUT2D eigenvalue weighted by Gasteiger charge is -2.09. The number of carboxylic acid groups (broad SMARTS) is 1. The molecule has 3 N–H and O–H groups in total. The Morgan fingerprint density at radius 2 is 2.25 bits per heavy atom. The van der Waals surface area contributed by atoms with E-state index in [9.17, 15) is 9.59 Å². The van der Waals surface area contributed by atoms with Gasteiger partial charge in [-0.05, 0) is 11.6 Å². The summed E-state index contributed by atoms with van der Waals surface area (Å²) >= 11 is 0. The molecule has 1 unspecified atom stereocenters. The number of aliphatic carboxylic acids is 1. The van der Waals surface area contributed by atoms with Gasteiger partial charge in [-0.25, -0.2) is 4.79 Å². The highest BCUT2D eigenvalue weighted by Crippen LogP contribution is 2.33. The molecule has 1 heterocycles. The third-order valence-electron chi connectivity index (χ3n) is 2.50. The molecule has 0 fully saturated rings. The van der Waals surface area contributed by atoms with Crippen LogP contribution < -0.4 is 10.6 Å². The number of hydrogen-bond acceptors (Lipinski definition) is 3. The second-order valence-electron chi connectivity index (χ2n) is 3.76.